The number of sulfonamides is 1. The van der Waals surface area contributed by atoms with Gasteiger partial charge in [-0.05, 0) is 38.0 Å². The Morgan fingerprint density at radius 1 is 1.48 bits per heavy atom. The molecule has 0 saturated carbocycles. The second kappa shape index (κ2) is 6.55. The van der Waals surface area contributed by atoms with E-state index in [9.17, 15) is 13.2 Å². The van der Waals surface area contributed by atoms with Gasteiger partial charge in [-0.3, -0.25) is 4.79 Å². The van der Waals surface area contributed by atoms with E-state index in [2.05, 4.69) is 0 Å². The van der Waals surface area contributed by atoms with Crippen LogP contribution in [0.1, 0.15) is 30.1 Å². The van der Waals surface area contributed by atoms with Crippen molar-refractivity contribution in [2.75, 3.05) is 19.7 Å². The van der Waals surface area contributed by atoms with Gasteiger partial charge in [0, 0.05) is 25.3 Å². The zero-order valence-electron chi connectivity index (χ0n) is 12.0. The van der Waals surface area contributed by atoms with E-state index in [1.165, 1.54) is 18.2 Å². The average Bonchev–Trinajstić information content (AvgIpc) is 2.46. The van der Waals surface area contributed by atoms with E-state index >= 15 is 0 Å². The minimum atomic E-state index is -3.80. The second-order valence-electron chi connectivity index (χ2n) is 5.04. The molecule has 1 unspecified atom stereocenters. The van der Waals surface area contributed by atoms with E-state index in [0.717, 1.165) is 12.8 Å². The number of piperidine rings is 1. The van der Waals surface area contributed by atoms with Gasteiger partial charge in [-0.25, -0.2) is 13.6 Å². The molecule has 1 aromatic rings. The molecule has 116 valence electrons. The number of primary sulfonamides is 1. The normalized spacial score (nSPS) is 19.5. The summed E-state index contributed by atoms with van der Waals surface area (Å²) >= 11 is 0. The molecule has 1 aromatic carbocycles. The third-order valence-electron chi connectivity index (χ3n) is 3.48. The van der Waals surface area contributed by atoms with Gasteiger partial charge in [0.25, 0.3) is 5.91 Å². The first-order valence-corrected chi connectivity index (χ1v) is 8.50. The van der Waals surface area contributed by atoms with Crippen molar-refractivity contribution >= 4 is 15.9 Å². The zero-order chi connectivity index (χ0) is 15.5. The topological polar surface area (TPSA) is 89.7 Å². The molecule has 1 aliphatic heterocycles. The van der Waals surface area contributed by atoms with E-state index in [-0.39, 0.29) is 16.9 Å². The molecule has 1 aliphatic rings. The maximum atomic E-state index is 12.5. The quantitative estimate of drug-likeness (QED) is 0.897. The summed E-state index contributed by atoms with van der Waals surface area (Å²) in [6.45, 7) is 3.73. The summed E-state index contributed by atoms with van der Waals surface area (Å²) in [7, 11) is -3.80. The molecule has 6 nitrogen and oxygen atoms in total. The molecule has 1 atom stereocenters. The molecule has 1 amide bonds. The smallest absolute Gasteiger partial charge is 0.253 e. The molecule has 1 saturated heterocycles. The Balaban J connectivity index is 2.16. The largest absolute Gasteiger partial charge is 0.377 e. The molecule has 1 heterocycles. The summed E-state index contributed by atoms with van der Waals surface area (Å²) in [5.74, 6) is -0.190. The summed E-state index contributed by atoms with van der Waals surface area (Å²) in [5.41, 5.74) is 0.332. The van der Waals surface area contributed by atoms with E-state index in [1.54, 1.807) is 11.0 Å². The van der Waals surface area contributed by atoms with Crippen LogP contribution in [-0.2, 0) is 14.8 Å². The Labute approximate surface area is 124 Å². The van der Waals surface area contributed by atoms with Gasteiger partial charge in [0.1, 0.15) is 0 Å². The Morgan fingerprint density at radius 3 is 2.90 bits per heavy atom. The number of benzene rings is 1. The molecule has 1 fully saturated rings. The molecule has 2 rings (SSSR count). The number of nitrogens with zero attached hydrogens (tertiary/aromatic N) is 1. The fourth-order valence-electron chi connectivity index (χ4n) is 2.48. The number of amides is 1. The van der Waals surface area contributed by atoms with Gasteiger partial charge in [0.05, 0.1) is 11.0 Å². The molecule has 0 radical (unpaired) electrons. The molecule has 0 spiro atoms. The molecular formula is C14H20N2O4S. The van der Waals surface area contributed by atoms with Crippen LogP contribution in [0.2, 0.25) is 0 Å². The number of carbonyl (C=O) groups excluding carboxylic acids is 1. The molecule has 21 heavy (non-hydrogen) atoms. The van der Waals surface area contributed by atoms with E-state index < -0.39 is 10.0 Å². The lowest BCUT2D eigenvalue weighted by Gasteiger charge is -2.32. The lowest BCUT2D eigenvalue weighted by atomic mass is 10.1. The Bertz CT molecular complexity index is 613. The maximum absolute atomic E-state index is 12.5. The van der Waals surface area contributed by atoms with Crippen LogP contribution in [0, 0.1) is 0 Å². The van der Waals surface area contributed by atoms with Crippen LogP contribution in [0.4, 0.5) is 0 Å². The predicted molar refractivity (Wildman–Crippen MR) is 78.4 cm³/mol. The average molecular weight is 312 g/mol. The minimum absolute atomic E-state index is 0.0493. The third kappa shape index (κ3) is 4.03. The number of likely N-dealkylation sites (tertiary alicyclic amines) is 1. The first kappa shape index (κ1) is 15.9. The van der Waals surface area contributed by atoms with Crippen LogP contribution >= 0.6 is 0 Å². The second-order valence-corrected chi connectivity index (χ2v) is 6.61. The molecule has 0 bridgehead atoms. The molecule has 2 N–H and O–H groups in total. The predicted octanol–water partition coefficient (Wildman–Crippen LogP) is 0.975. The fraction of sp³-hybridized carbons (Fsp3) is 0.500. The first-order valence-electron chi connectivity index (χ1n) is 6.95. The van der Waals surface area contributed by atoms with Crippen molar-refractivity contribution in [1.82, 2.24) is 4.90 Å². The molecule has 7 heteroatoms. The minimum Gasteiger partial charge on any atom is -0.377 e. The SMILES string of the molecule is CCOC1CCCN(C(=O)c2cccc(S(N)(=O)=O)c2)C1. The van der Waals surface area contributed by atoms with Crippen molar-refractivity contribution in [3.63, 3.8) is 0 Å². The van der Waals surface area contributed by atoms with Gasteiger partial charge in [-0.2, -0.15) is 0 Å². The van der Waals surface area contributed by atoms with Crippen LogP contribution in [0.15, 0.2) is 29.2 Å². The van der Waals surface area contributed by atoms with E-state index in [4.69, 9.17) is 9.88 Å². The summed E-state index contributed by atoms with van der Waals surface area (Å²) in [6, 6.07) is 5.82. The van der Waals surface area contributed by atoms with Crippen LogP contribution in [0.3, 0.4) is 0 Å². The maximum Gasteiger partial charge on any atom is 0.253 e. The number of ether oxygens (including phenoxy) is 1. The van der Waals surface area contributed by atoms with Crippen molar-refractivity contribution in [3.05, 3.63) is 29.8 Å². The molecule has 0 aliphatic carbocycles. The van der Waals surface area contributed by atoms with Crippen LogP contribution in [-0.4, -0.2) is 45.0 Å². The van der Waals surface area contributed by atoms with Crippen molar-refractivity contribution in [3.8, 4) is 0 Å². The Hall–Kier alpha value is -1.44. The highest BCUT2D eigenvalue weighted by molar-refractivity contribution is 7.89. The summed E-state index contributed by atoms with van der Waals surface area (Å²) < 4.78 is 28.3. The van der Waals surface area contributed by atoms with Crippen molar-refractivity contribution in [1.29, 1.82) is 0 Å². The summed E-state index contributed by atoms with van der Waals surface area (Å²) in [6.07, 6.45) is 1.87. The molecule has 0 aromatic heterocycles. The van der Waals surface area contributed by atoms with Gasteiger partial charge in [-0.15, -0.1) is 0 Å². The summed E-state index contributed by atoms with van der Waals surface area (Å²) in [5, 5.41) is 5.09. The molecular weight excluding hydrogens is 292 g/mol. The van der Waals surface area contributed by atoms with Gasteiger partial charge in [-0.1, -0.05) is 6.07 Å². The van der Waals surface area contributed by atoms with Gasteiger partial charge in [0.15, 0.2) is 0 Å². The number of hydrogen-bond acceptors (Lipinski definition) is 4. The lowest BCUT2D eigenvalue weighted by Crippen LogP contribution is -2.43. The van der Waals surface area contributed by atoms with Crippen LogP contribution in [0.25, 0.3) is 0 Å². The van der Waals surface area contributed by atoms with Crippen molar-refractivity contribution in [2.45, 2.75) is 30.8 Å². The van der Waals surface area contributed by atoms with Crippen molar-refractivity contribution in [2.24, 2.45) is 5.14 Å². The number of carbonyl (C=O) groups is 1. The summed E-state index contributed by atoms with van der Waals surface area (Å²) in [4.78, 5) is 14.1. The highest BCUT2D eigenvalue weighted by Crippen LogP contribution is 2.17. The number of nitrogens with two attached hydrogens (primary N) is 1. The Morgan fingerprint density at radius 2 is 2.24 bits per heavy atom. The highest BCUT2D eigenvalue weighted by Gasteiger charge is 2.25. The lowest BCUT2D eigenvalue weighted by molar-refractivity contribution is 0.00723. The number of rotatable bonds is 4. The first-order chi connectivity index (χ1) is 9.91. The number of hydrogen-bond donors (Lipinski definition) is 1. The van der Waals surface area contributed by atoms with E-state index in [1.807, 2.05) is 6.92 Å². The zero-order valence-corrected chi connectivity index (χ0v) is 12.8. The highest BCUT2D eigenvalue weighted by atomic mass is 32.2. The fourth-order valence-corrected chi connectivity index (χ4v) is 3.04. The standard InChI is InChI=1S/C14H20N2O4S/c1-2-20-12-6-4-8-16(10-12)14(17)11-5-3-7-13(9-11)21(15,18)19/h3,5,7,9,12H,2,4,6,8,10H2,1H3,(H2,15,18,19). The van der Waals surface area contributed by atoms with Crippen molar-refractivity contribution < 1.29 is 17.9 Å². The van der Waals surface area contributed by atoms with Gasteiger partial charge >= 0.3 is 0 Å². The Kier molecular flexibility index (Phi) is 4.97. The third-order valence-corrected chi connectivity index (χ3v) is 4.39. The monoisotopic (exact) mass is 312 g/mol. The van der Waals surface area contributed by atoms with Gasteiger partial charge < -0.3 is 9.64 Å². The van der Waals surface area contributed by atoms with Crippen LogP contribution < -0.4 is 5.14 Å². The van der Waals surface area contributed by atoms with Crippen LogP contribution in [0.5, 0.6) is 0 Å². The van der Waals surface area contributed by atoms with Gasteiger partial charge in [0.2, 0.25) is 10.0 Å². The van der Waals surface area contributed by atoms with E-state index in [0.29, 0.717) is 25.3 Å².